The first-order valence-corrected chi connectivity index (χ1v) is 13.3. The number of sulfone groups is 1. The zero-order valence-corrected chi connectivity index (χ0v) is 19.6. The highest BCUT2D eigenvalue weighted by molar-refractivity contribution is 8.14. The van der Waals surface area contributed by atoms with E-state index < -0.39 is 9.84 Å². The molecule has 2 atom stereocenters. The van der Waals surface area contributed by atoms with Crippen molar-refractivity contribution in [2.75, 3.05) is 27.5 Å². The zero-order chi connectivity index (χ0) is 22.9. The first kappa shape index (κ1) is 22.5. The minimum absolute atomic E-state index is 0.000692. The maximum Gasteiger partial charge on any atom is 0.234 e. The van der Waals surface area contributed by atoms with Gasteiger partial charge in [0, 0.05) is 16.9 Å². The lowest BCUT2D eigenvalue weighted by Gasteiger charge is -2.26. The second kappa shape index (κ2) is 9.07. The van der Waals surface area contributed by atoms with Crippen LogP contribution in [-0.4, -0.2) is 54.6 Å². The predicted molar refractivity (Wildman–Crippen MR) is 129 cm³/mol. The Hall–Kier alpha value is -2.65. The molecule has 1 fully saturated rings. The van der Waals surface area contributed by atoms with Crippen molar-refractivity contribution < 1.29 is 18.0 Å². The number of anilines is 2. The number of hydrogen-bond acceptors (Lipinski definition) is 7. The number of aryl methyl sites for hydroxylation is 1. The van der Waals surface area contributed by atoms with Crippen molar-refractivity contribution in [3.63, 3.8) is 0 Å². The van der Waals surface area contributed by atoms with Crippen LogP contribution in [0.5, 0.6) is 0 Å². The standard InChI is InChI=1S/C23H25N3O4S2/c1-3-16-7-4-5-10-19(16)24-22(28)12-31-23-25-20-13-32(29,30)14-21(20)26(23)18-9-6-8-17(11-18)15(2)27/h4-11,20-21H,3,12-14H2,1-2H3,(H,24,28)/t20-,21+/m0/s1. The van der Waals surface area contributed by atoms with E-state index in [0.29, 0.717) is 16.4 Å². The molecule has 4 rings (SSSR count). The van der Waals surface area contributed by atoms with Gasteiger partial charge in [-0.3, -0.25) is 14.6 Å². The number of carbonyl (C=O) groups excluding carboxylic acids is 2. The number of fused-ring (bicyclic) bond motifs is 1. The van der Waals surface area contributed by atoms with Gasteiger partial charge in [-0.2, -0.15) is 0 Å². The van der Waals surface area contributed by atoms with Crippen molar-refractivity contribution >= 4 is 49.8 Å². The number of ketones is 1. The fourth-order valence-electron chi connectivity index (χ4n) is 4.08. The second-order valence-electron chi connectivity index (χ2n) is 7.95. The zero-order valence-electron chi connectivity index (χ0n) is 17.9. The number of amides is 1. The van der Waals surface area contributed by atoms with Gasteiger partial charge in [-0.25, -0.2) is 8.42 Å². The Balaban J connectivity index is 1.54. The maximum absolute atomic E-state index is 12.6. The van der Waals surface area contributed by atoms with E-state index >= 15 is 0 Å². The highest BCUT2D eigenvalue weighted by Crippen LogP contribution is 2.35. The van der Waals surface area contributed by atoms with Gasteiger partial charge in [-0.15, -0.1) is 0 Å². The number of nitrogens with one attached hydrogen (secondary N) is 1. The van der Waals surface area contributed by atoms with Crippen LogP contribution in [0, 0.1) is 0 Å². The summed E-state index contributed by atoms with van der Waals surface area (Å²) in [4.78, 5) is 31.0. The molecule has 2 heterocycles. The average molecular weight is 472 g/mol. The molecule has 1 saturated heterocycles. The van der Waals surface area contributed by atoms with Gasteiger partial charge in [-0.1, -0.05) is 49.0 Å². The number of amidine groups is 1. The molecule has 2 aromatic carbocycles. The molecule has 168 valence electrons. The largest absolute Gasteiger partial charge is 0.325 e. The average Bonchev–Trinajstić information content (AvgIpc) is 3.23. The Kier molecular flexibility index (Phi) is 6.39. The van der Waals surface area contributed by atoms with Gasteiger partial charge in [0.1, 0.15) is 0 Å². The quantitative estimate of drug-likeness (QED) is 0.650. The molecular weight excluding hydrogens is 446 g/mol. The number of hydrogen-bond donors (Lipinski definition) is 1. The van der Waals surface area contributed by atoms with Crippen LogP contribution in [0.1, 0.15) is 29.8 Å². The monoisotopic (exact) mass is 471 g/mol. The number of carbonyl (C=O) groups is 2. The van der Waals surface area contributed by atoms with Crippen molar-refractivity contribution in [1.29, 1.82) is 0 Å². The first-order valence-electron chi connectivity index (χ1n) is 10.5. The van der Waals surface area contributed by atoms with Crippen LogP contribution in [0.3, 0.4) is 0 Å². The molecule has 0 bridgehead atoms. The van der Waals surface area contributed by atoms with Crippen LogP contribution in [0.2, 0.25) is 0 Å². The highest BCUT2D eigenvalue weighted by atomic mass is 32.2. The van der Waals surface area contributed by atoms with E-state index in [2.05, 4.69) is 10.3 Å². The minimum Gasteiger partial charge on any atom is -0.325 e. The number of benzene rings is 2. The van der Waals surface area contributed by atoms with Gasteiger partial charge in [0.2, 0.25) is 5.91 Å². The molecule has 1 amide bonds. The maximum atomic E-state index is 12.6. The summed E-state index contributed by atoms with van der Waals surface area (Å²) < 4.78 is 24.4. The Bertz CT molecular complexity index is 1190. The number of Topliss-reactive ketones (excluding diaryl/α,β-unsaturated/α-hetero) is 1. The normalized spacial score (nSPS) is 21.2. The van der Waals surface area contributed by atoms with Gasteiger partial charge < -0.3 is 10.2 Å². The summed E-state index contributed by atoms with van der Waals surface area (Å²) in [5, 5.41) is 3.56. The predicted octanol–water partition coefficient (Wildman–Crippen LogP) is 3.17. The smallest absolute Gasteiger partial charge is 0.234 e. The van der Waals surface area contributed by atoms with Crippen LogP contribution in [0.25, 0.3) is 0 Å². The third kappa shape index (κ3) is 4.73. The molecule has 0 unspecified atom stereocenters. The minimum atomic E-state index is -3.18. The summed E-state index contributed by atoms with van der Waals surface area (Å²) in [6.07, 6.45) is 0.814. The summed E-state index contributed by atoms with van der Waals surface area (Å²) in [5.41, 5.74) is 3.12. The SMILES string of the molecule is CCc1ccccc1NC(=O)CSC1=N[C@H]2CS(=O)(=O)C[C@H]2N1c1cccc(C(C)=O)c1. The molecule has 0 aromatic heterocycles. The van der Waals surface area contributed by atoms with E-state index in [1.807, 2.05) is 42.2 Å². The highest BCUT2D eigenvalue weighted by Gasteiger charge is 2.47. The lowest BCUT2D eigenvalue weighted by atomic mass is 10.1. The van der Waals surface area contributed by atoms with Crippen LogP contribution >= 0.6 is 11.8 Å². The Morgan fingerprint density at radius 2 is 1.94 bits per heavy atom. The Morgan fingerprint density at radius 3 is 2.69 bits per heavy atom. The number of rotatable bonds is 6. The van der Waals surface area contributed by atoms with Gasteiger partial charge in [0.25, 0.3) is 0 Å². The summed E-state index contributed by atoms with van der Waals surface area (Å²) in [5.74, 6) is -0.0689. The summed E-state index contributed by atoms with van der Waals surface area (Å²) >= 11 is 1.28. The van der Waals surface area contributed by atoms with Crippen LogP contribution in [0.4, 0.5) is 11.4 Å². The molecule has 2 aliphatic rings. The van der Waals surface area contributed by atoms with Crippen LogP contribution < -0.4 is 10.2 Å². The molecule has 32 heavy (non-hydrogen) atoms. The number of nitrogens with zero attached hydrogens (tertiary/aromatic N) is 2. The van der Waals surface area contributed by atoms with E-state index in [9.17, 15) is 18.0 Å². The van der Waals surface area contributed by atoms with Crippen molar-refractivity contribution in [2.24, 2.45) is 4.99 Å². The Labute approximate surface area is 192 Å². The molecule has 2 aliphatic heterocycles. The summed E-state index contributed by atoms with van der Waals surface area (Å²) in [6, 6.07) is 14.1. The topological polar surface area (TPSA) is 95.9 Å². The number of aliphatic imine (C=N–C) groups is 1. The van der Waals surface area contributed by atoms with Gasteiger partial charge in [-0.05, 0) is 37.1 Å². The van der Waals surface area contributed by atoms with E-state index in [0.717, 1.165) is 17.7 Å². The molecule has 9 heteroatoms. The van der Waals surface area contributed by atoms with E-state index in [4.69, 9.17) is 0 Å². The Morgan fingerprint density at radius 1 is 1.16 bits per heavy atom. The van der Waals surface area contributed by atoms with Crippen molar-refractivity contribution in [3.8, 4) is 0 Å². The number of para-hydroxylation sites is 1. The summed E-state index contributed by atoms with van der Waals surface area (Å²) in [6.45, 7) is 3.53. The van der Waals surface area contributed by atoms with E-state index in [1.54, 1.807) is 18.2 Å². The molecule has 2 aromatic rings. The van der Waals surface area contributed by atoms with E-state index in [-0.39, 0.29) is 41.0 Å². The molecule has 0 radical (unpaired) electrons. The van der Waals surface area contributed by atoms with Gasteiger partial charge in [0.05, 0.1) is 29.3 Å². The lowest BCUT2D eigenvalue weighted by molar-refractivity contribution is -0.113. The van der Waals surface area contributed by atoms with Crippen LogP contribution in [-0.2, 0) is 21.1 Å². The lowest BCUT2D eigenvalue weighted by Crippen LogP contribution is -2.39. The third-order valence-corrected chi connectivity index (χ3v) is 8.31. The summed E-state index contributed by atoms with van der Waals surface area (Å²) in [7, 11) is -3.18. The van der Waals surface area contributed by atoms with E-state index in [1.165, 1.54) is 18.7 Å². The molecule has 0 aliphatic carbocycles. The fourth-order valence-corrected chi connectivity index (χ4v) is 6.84. The third-order valence-electron chi connectivity index (χ3n) is 5.64. The van der Waals surface area contributed by atoms with Gasteiger partial charge >= 0.3 is 0 Å². The molecular formula is C23H25N3O4S2. The molecule has 0 saturated carbocycles. The van der Waals surface area contributed by atoms with Crippen molar-refractivity contribution in [2.45, 2.75) is 32.4 Å². The first-order chi connectivity index (χ1) is 15.3. The number of thioether (sulfide) groups is 1. The van der Waals surface area contributed by atoms with Crippen molar-refractivity contribution in [3.05, 3.63) is 59.7 Å². The molecule has 7 nitrogen and oxygen atoms in total. The van der Waals surface area contributed by atoms with Crippen LogP contribution in [0.15, 0.2) is 53.5 Å². The van der Waals surface area contributed by atoms with Gasteiger partial charge in [0.15, 0.2) is 20.8 Å². The fraction of sp³-hybridized carbons (Fsp3) is 0.348. The molecule has 0 spiro atoms. The molecule has 1 N–H and O–H groups in total. The van der Waals surface area contributed by atoms with Crippen molar-refractivity contribution in [1.82, 2.24) is 0 Å². The second-order valence-corrected chi connectivity index (χ2v) is 11.0.